The number of amides is 2. The second kappa shape index (κ2) is 12.0. The number of methoxy groups -OCH3 is 1. The Kier molecular flexibility index (Phi) is 8.05. The van der Waals surface area contributed by atoms with Crippen LogP contribution in [0, 0.1) is 0 Å². The molecular weight excluding hydrogens is 540 g/mol. The number of hydrogen-bond donors (Lipinski definition) is 3. The molecule has 3 N–H and O–H groups in total. The summed E-state index contributed by atoms with van der Waals surface area (Å²) in [6.45, 7) is 1.41. The second-order valence-corrected chi connectivity index (χ2v) is 11.5. The molecule has 3 fully saturated rings. The van der Waals surface area contributed by atoms with Crippen molar-refractivity contribution >= 4 is 40.4 Å². The zero-order chi connectivity index (χ0) is 29.2. The van der Waals surface area contributed by atoms with Gasteiger partial charge in [-0.2, -0.15) is 0 Å². The number of aromatic nitrogens is 3. The summed E-state index contributed by atoms with van der Waals surface area (Å²) in [4.78, 5) is 42.2. The third-order valence-corrected chi connectivity index (χ3v) is 8.75. The molecule has 3 heterocycles. The van der Waals surface area contributed by atoms with E-state index in [2.05, 4.69) is 27.0 Å². The molecule has 0 bridgehead atoms. The van der Waals surface area contributed by atoms with E-state index in [0.29, 0.717) is 37.1 Å². The molecule has 6 rings (SSSR count). The van der Waals surface area contributed by atoms with Gasteiger partial charge in [-0.3, -0.25) is 14.5 Å². The molecule has 2 amide bonds. The second-order valence-electron chi connectivity index (χ2n) is 11.5. The lowest BCUT2D eigenvalue weighted by Crippen LogP contribution is -2.33. The highest BCUT2D eigenvalue weighted by atomic mass is 16.6. The summed E-state index contributed by atoms with van der Waals surface area (Å²) in [5.41, 5.74) is 3.91. The van der Waals surface area contributed by atoms with Gasteiger partial charge in [0, 0.05) is 49.8 Å². The molecule has 42 heavy (non-hydrogen) atoms. The monoisotopic (exact) mass is 578 g/mol. The number of anilines is 3. The number of aryl methyl sites for hydroxylation is 1. The zero-order valence-electron chi connectivity index (χ0n) is 24.1. The highest BCUT2D eigenvalue weighted by Crippen LogP contribution is 2.35. The predicted octanol–water partition coefficient (Wildman–Crippen LogP) is 4.92. The van der Waals surface area contributed by atoms with E-state index in [1.165, 1.54) is 7.11 Å². The number of rotatable bonds is 7. The standard InChI is InChI=1S/C30H38N6O6/c1-35-26-17-31-27(16-25(26)36(30(35)39)23-7-6-20(15-23)33-28(37)40-2)32-21-12-19(18-8-10-41-11-9-18)13-22(14-21)34-29(38)42-24-4-3-5-24/h12-14,16-18,20,23-24H,3-11,15H2,1-2H3,(H,31,32)(H,33,37)(H,34,38)/t20-,23-/m1/s1. The van der Waals surface area contributed by atoms with Crippen molar-refractivity contribution in [3.8, 4) is 0 Å². The third kappa shape index (κ3) is 5.94. The van der Waals surface area contributed by atoms with E-state index in [9.17, 15) is 14.4 Å². The smallest absolute Gasteiger partial charge is 0.411 e. The molecule has 0 radical (unpaired) electrons. The number of fused-ring (bicyclic) bond motifs is 1. The largest absolute Gasteiger partial charge is 0.453 e. The first-order valence-corrected chi connectivity index (χ1v) is 14.8. The Labute approximate surface area is 243 Å². The molecule has 224 valence electrons. The molecule has 1 aromatic carbocycles. The van der Waals surface area contributed by atoms with Crippen LogP contribution in [-0.4, -0.2) is 58.8 Å². The fourth-order valence-corrected chi connectivity index (χ4v) is 6.22. The van der Waals surface area contributed by atoms with Gasteiger partial charge in [0.1, 0.15) is 11.9 Å². The maximum Gasteiger partial charge on any atom is 0.411 e. The summed E-state index contributed by atoms with van der Waals surface area (Å²) >= 11 is 0. The number of ether oxygens (including phenoxy) is 3. The topological polar surface area (TPSA) is 138 Å². The van der Waals surface area contributed by atoms with Crippen molar-refractivity contribution < 1.29 is 23.8 Å². The van der Waals surface area contributed by atoms with Gasteiger partial charge in [0.2, 0.25) is 0 Å². The van der Waals surface area contributed by atoms with Gasteiger partial charge in [0.05, 0.1) is 24.3 Å². The fraction of sp³-hybridized carbons (Fsp3) is 0.533. The van der Waals surface area contributed by atoms with Gasteiger partial charge in [-0.25, -0.2) is 19.4 Å². The first kappa shape index (κ1) is 28.1. The highest BCUT2D eigenvalue weighted by molar-refractivity contribution is 5.86. The van der Waals surface area contributed by atoms with Gasteiger partial charge < -0.3 is 24.8 Å². The SMILES string of the molecule is COC(=O)N[C@@H]1CC[C@@H](n2c(=O)n(C)c3cnc(Nc4cc(NC(=O)OC5CCC5)cc(C5CCOCC5)c4)cc32)C1. The van der Waals surface area contributed by atoms with Crippen molar-refractivity contribution in [2.75, 3.05) is 31.0 Å². The quantitative estimate of drug-likeness (QED) is 0.359. The van der Waals surface area contributed by atoms with Gasteiger partial charge in [-0.05, 0) is 81.0 Å². The molecule has 2 saturated carbocycles. The van der Waals surface area contributed by atoms with E-state index >= 15 is 0 Å². The van der Waals surface area contributed by atoms with E-state index in [-0.39, 0.29) is 23.9 Å². The van der Waals surface area contributed by atoms with E-state index in [1.54, 1.807) is 17.8 Å². The van der Waals surface area contributed by atoms with Crippen LogP contribution in [0.4, 0.5) is 26.8 Å². The Morgan fingerprint density at radius 2 is 1.76 bits per heavy atom. The van der Waals surface area contributed by atoms with Crippen LogP contribution in [-0.2, 0) is 21.3 Å². The van der Waals surface area contributed by atoms with Crippen LogP contribution in [0.5, 0.6) is 0 Å². The maximum atomic E-state index is 13.3. The number of benzene rings is 1. The molecule has 1 aliphatic heterocycles. The van der Waals surface area contributed by atoms with Gasteiger partial charge >= 0.3 is 17.9 Å². The number of nitrogens with one attached hydrogen (secondary N) is 3. The van der Waals surface area contributed by atoms with Crippen LogP contribution in [0.1, 0.15) is 68.9 Å². The summed E-state index contributed by atoms with van der Waals surface area (Å²) < 4.78 is 19.3. The van der Waals surface area contributed by atoms with Crippen LogP contribution in [0.25, 0.3) is 11.0 Å². The molecule has 0 unspecified atom stereocenters. The van der Waals surface area contributed by atoms with Crippen LogP contribution in [0.2, 0.25) is 0 Å². The van der Waals surface area contributed by atoms with Gasteiger partial charge in [-0.1, -0.05) is 0 Å². The third-order valence-electron chi connectivity index (χ3n) is 8.75. The molecule has 1 saturated heterocycles. The van der Waals surface area contributed by atoms with Crippen molar-refractivity contribution in [1.82, 2.24) is 19.4 Å². The lowest BCUT2D eigenvalue weighted by atomic mass is 9.91. The van der Waals surface area contributed by atoms with Crippen LogP contribution in [0.3, 0.4) is 0 Å². The summed E-state index contributed by atoms with van der Waals surface area (Å²) in [5, 5.41) is 9.18. The number of pyridine rings is 1. The molecule has 12 nitrogen and oxygen atoms in total. The lowest BCUT2D eigenvalue weighted by molar-refractivity contribution is 0.0623. The van der Waals surface area contributed by atoms with E-state index in [1.807, 2.05) is 22.8 Å². The van der Waals surface area contributed by atoms with E-state index in [0.717, 1.165) is 67.2 Å². The summed E-state index contributed by atoms with van der Waals surface area (Å²) in [5.74, 6) is 0.892. The molecule has 2 atom stereocenters. The van der Waals surface area contributed by atoms with Crippen LogP contribution < -0.4 is 21.6 Å². The Bertz CT molecular complexity index is 1520. The van der Waals surface area contributed by atoms with Gasteiger partial charge in [0.25, 0.3) is 0 Å². The number of hydrogen-bond acceptors (Lipinski definition) is 8. The van der Waals surface area contributed by atoms with E-state index in [4.69, 9.17) is 14.2 Å². The number of carbonyl (C=O) groups is 2. The normalized spacial score (nSPS) is 21.1. The molecular formula is C30H38N6O6. The zero-order valence-corrected chi connectivity index (χ0v) is 24.1. The molecule has 0 spiro atoms. The average Bonchev–Trinajstić information content (AvgIpc) is 3.52. The lowest BCUT2D eigenvalue weighted by Gasteiger charge is -2.26. The minimum atomic E-state index is -0.463. The Morgan fingerprint density at radius 1 is 0.976 bits per heavy atom. The van der Waals surface area contributed by atoms with Gasteiger partial charge in [0.15, 0.2) is 0 Å². The number of alkyl carbamates (subject to hydrolysis) is 1. The Balaban J connectivity index is 1.27. The minimum Gasteiger partial charge on any atom is -0.453 e. The van der Waals surface area contributed by atoms with Crippen LogP contribution >= 0.6 is 0 Å². The maximum absolute atomic E-state index is 13.3. The average molecular weight is 579 g/mol. The van der Waals surface area contributed by atoms with E-state index < -0.39 is 12.2 Å². The minimum absolute atomic E-state index is 0.00735. The van der Waals surface area contributed by atoms with Crippen molar-refractivity contribution in [1.29, 1.82) is 0 Å². The predicted molar refractivity (Wildman–Crippen MR) is 157 cm³/mol. The number of nitrogens with zero attached hydrogens (tertiary/aromatic N) is 3. The molecule has 3 aromatic rings. The highest BCUT2D eigenvalue weighted by Gasteiger charge is 2.30. The Morgan fingerprint density at radius 3 is 2.50 bits per heavy atom. The van der Waals surface area contributed by atoms with Crippen LogP contribution in [0.15, 0.2) is 35.3 Å². The van der Waals surface area contributed by atoms with Crippen molar-refractivity contribution in [2.45, 2.75) is 75.5 Å². The molecule has 2 aromatic heterocycles. The molecule has 3 aliphatic rings. The van der Waals surface area contributed by atoms with Crippen molar-refractivity contribution in [2.24, 2.45) is 7.05 Å². The first-order chi connectivity index (χ1) is 20.4. The van der Waals surface area contributed by atoms with Crippen molar-refractivity contribution in [3.05, 3.63) is 46.5 Å². The molecule has 2 aliphatic carbocycles. The summed E-state index contributed by atoms with van der Waals surface area (Å²) in [7, 11) is 3.09. The first-order valence-electron chi connectivity index (χ1n) is 14.8. The number of carbonyl (C=O) groups excluding carboxylic acids is 2. The van der Waals surface area contributed by atoms with Crippen molar-refractivity contribution in [3.63, 3.8) is 0 Å². The summed E-state index contributed by atoms with van der Waals surface area (Å²) in [6, 6.07) is 7.73. The molecule has 12 heteroatoms. The fourth-order valence-electron chi connectivity index (χ4n) is 6.22. The van der Waals surface area contributed by atoms with Gasteiger partial charge in [-0.15, -0.1) is 0 Å². The number of imidazole rings is 1. The Hall–Kier alpha value is -4.06. The summed E-state index contributed by atoms with van der Waals surface area (Å²) in [6.07, 6.45) is 7.66.